The minimum Gasteiger partial charge on any atom is -0.338 e. The first-order valence-corrected chi connectivity index (χ1v) is 10.2. The molecule has 1 amide bonds. The van der Waals surface area contributed by atoms with Crippen LogP contribution < -0.4 is 0 Å². The highest BCUT2D eigenvalue weighted by Crippen LogP contribution is 2.30. The second-order valence-corrected chi connectivity index (χ2v) is 8.87. The number of amides is 1. The molecule has 130 valence electrons. The quantitative estimate of drug-likeness (QED) is 0.820. The molecule has 1 saturated heterocycles. The van der Waals surface area contributed by atoms with Crippen LogP contribution in [0.3, 0.4) is 0 Å². The number of carbonyl (C=O) groups is 1. The van der Waals surface area contributed by atoms with Crippen molar-refractivity contribution in [1.82, 2.24) is 14.8 Å². The van der Waals surface area contributed by atoms with Crippen LogP contribution >= 0.6 is 22.7 Å². The third-order valence-corrected chi connectivity index (χ3v) is 6.77. The number of hydrogen-bond acceptors (Lipinski definition) is 5. The molecule has 1 aliphatic rings. The van der Waals surface area contributed by atoms with E-state index in [4.69, 9.17) is 4.98 Å². The Hall–Kier alpha value is -1.24. The van der Waals surface area contributed by atoms with Crippen molar-refractivity contribution >= 4 is 28.6 Å². The van der Waals surface area contributed by atoms with Gasteiger partial charge < -0.3 is 4.90 Å². The molecule has 2 aromatic heterocycles. The van der Waals surface area contributed by atoms with Gasteiger partial charge >= 0.3 is 0 Å². The van der Waals surface area contributed by atoms with Crippen molar-refractivity contribution in [2.24, 2.45) is 0 Å². The van der Waals surface area contributed by atoms with E-state index in [0.717, 1.165) is 35.8 Å². The zero-order valence-corrected chi connectivity index (χ0v) is 16.4. The summed E-state index contributed by atoms with van der Waals surface area (Å²) < 4.78 is 0. The zero-order valence-electron chi connectivity index (χ0n) is 14.8. The van der Waals surface area contributed by atoms with Crippen LogP contribution in [0.15, 0.2) is 17.5 Å². The molecule has 1 atom stereocenters. The van der Waals surface area contributed by atoms with Crippen molar-refractivity contribution in [2.75, 3.05) is 20.1 Å². The topological polar surface area (TPSA) is 36.4 Å². The molecule has 1 aliphatic heterocycles. The number of aryl methyl sites for hydroxylation is 2. The van der Waals surface area contributed by atoms with Crippen LogP contribution in [-0.4, -0.2) is 46.9 Å². The third kappa shape index (κ3) is 3.55. The average Bonchev–Trinajstić information content (AvgIpc) is 3.22. The summed E-state index contributed by atoms with van der Waals surface area (Å²) in [7, 11) is 2.19. The highest BCUT2D eigenvalue weighted by Gasteiger charge is 2.29. The zero-order chi connectivity index (χ0) is 17.3. The van der Waals surface area contributed by atoms with Crippen LogP contribution in [-0.2, 0) is 0 Å². The molecule has 1 unspecified atom stereocenters. The molecule has 0 bridgehead atoms. The van der Waals surface area contributed by atoms with Gasteiger partial charge in [0, 0.05) is 24.0 Å². The monoisotopic (exact) mass is 363 g/mol. The highest BCUT2D eigenvalue weighted by atomic mass is 32.1. The largest absolute Gasteiger partial charge is 0.338 e. The number of likely N-dealkylation sites (tertiary alicyclic amines) is 1. The Morgan fingerprint density at radius 1 is 1.38 bits per heavy atom. The normalized spacial score (nSPS) is 17.5. The van der Waals surface area contributed by atoms with E-state index in [1.165, 1.54) is 21.9 Å². The predicted molar refractivity (Wildman–Crippen MR) is 101 cm³/mol. The smallest absolute Gasteiger partial charge is 0.263 e. The summed E-state index contributed by atoms with van der Waals surface area (Å²) in [6.07, 6.45) is 2.06. The van der Waals surface area contributed by atoms with Gasteiger partial charge in [0.05, 0.1) is 21.6 Å². The number of carbonyl (C=O) groups excluding carboxylic acids is 1. The molecule has 1 fully saturated rings. The first-order chi connectivity index (χ1) is 11.5. The Bertz CT molecular complexity index is 687. The summed E-state index contributed by atoms with van der Waals surface area (Å²) in [4.78, 5) is 23.8. The molecular formula is C18H25N3OS2. The van der Waals surface area contributed by atoms with E-state index in [1.807, 2.05) is 22.4 Å². The van der Waals surface area contributed by atoms with E-state index in [1.54, 1.807) is 11.3 Å². The summed E-state index contributed by atoms with van der Waals surface area (Å²) in [6, 6.07) is 4.69. The lowest BCUT2D eigenvalue weighted by Crippen LogP contribution is -2.46. The van der Waals surface area contributed by atoms with Crippen LogP contribution in [0, 0.1) is 13.8 Å². The number of piperidine rings is 1. The number of rotatable bonds is 4. The van der Waals surface area contributed by atoms with Crippen LogP contribution in [0.5, 0.6) is 0 Å². The third-order valence-electron chi connectivity index (χ3n) is 5.01. The Kier molecular flexibility index (Phi) is 5.37. The summed E-state index contributed by atoms with van der Waals surface area (Å²) in [6.45, 7) is 8.15. The first kappa shape index (κ1) is 17.6. The first-order valence-electron chi connectivity index (χ1n) is 8.46. The van der Waals surface area contributed by atoms with E-state index in [-0.39, 0.29) is 5.91 Å². The number of nitrogens with zero attached hydrogens (tertiary/aromatic N) is 3. The molecule has 6 heteroatoms. The van der Waals surface area contributed by atoms with Gasteiger partial charge in [-0.15, -0.1) is 22.7 Å². The predicted octanol–water partition coefficient (Wildman–Crippen LogP) is 4.12. The van der Waals surface area contributed by atoms with Crippen molar-refractivity contribution in [3.05, 3.63) is 38.0 Å². The van der Waals surface area contributed by atoms with Gasteiger partial charge in [0.25, 0.3) is 5.91 Å². The lowest BCUT2D eigenvalue weighted by Gasteiger charge is -2.39. The van der Waals surface area contributed by atoms with Gasteiger partial charge in [0.15, 0.2) is 0 Å². The fraction of sp³-hybridized carbons (Fsp3) is 0.556. The standard InChI is InChI=1S/C18H25N3OS2/c1-12(17-13(2)24-14(3)19-17)20(4)15-7-9-21(10-8-15)18(22)16-6-5-11-23-16/h5-6,11-12,15H,7-10H2,1-4H3. The maximum absolute atomic E-state index is 12.5. The van der Waals surface area contributed by atoms with Crippen molar-refractivity contribution in [2.45, 2.75) is 45.7 Å². The van der Waals surface area contributed by atoms with Crippen molar-refractivity contribution in [3.8, 4) is 0 Å². The van der Waals surface area contributed by atoms with Crippen molar-refractivity contribution in [1.29, 1.82) is 0 Å². The molecule has 0 N–H and O–H groups in total. The molecule has 3 heterocycles. The number of hydrogen-bond donors (Lipinski definition) is 0. The maximum atomic E-state index is 12.5. The lowest BCUT2D eigenvalue weighted by molar-refractivity contribution is 0.0609. The maximum Gasteiger partial charge on any atom is 0.263 e. The van der Waals surface area contributed by atoms with E-state index < -0.39 is 0 Å². The Balaban J connectivity index is 1.60. The van der Waals surface area contributed by atoms with Gasteiger partial charge in [-0.2, -0.15) is 0 Å². The molecule has 0 aromatic carbocycles. The summed E-state index contributed by atoms with van der Waals surface area (Å²) >= 11 is 3.30. The van der Waals surface area contributed by atoms with Gasteiger partial charge in [-0.1, -0.05) is 6.07 Å². The Morgan fingerprint density at radius 3 is 2.62 bits per heavy atom. The van der Waals surface area contributed by atoms with E-state index in [9.17, 15) is 4.79 Å². The summed E-state index contributed by atoms with van der Waals surface area (Å²) in [5.74, 6) is 0.185. The van der Waals surface area contributed by atoms with Crippen LogP contribution in [0.1, 0.15) is 51.1 Å². The highest BCUT2D eigenvalue weighted by molar-refractivity contribution is 7.12. The Morgan fingerprint density at radius 2 is 2.08 bits per heavy atom. The lowest BCUT2D eigenvalue weighted by atomic mass is 10.0. The second kappa shape index (κ2) is 7.33. The number of aromatic nitrogens is 1. The van der Waals surface area contributed by atoms with E-state index in [0.29, 0.717) is 12.1 Å². The summed E-state index contributed by atoms with van der Waals surface area (Å²) in [5, 5.41) is 3.10. The fourth-order valence-corrected chi connectivity index (χ4v) is 5.07. The van der Waals surface area contributed by atoms with Gasteiger partial charge in [-0.25, -0.2) is 4.98 Å². The van der Waals surface area contributed by atoms with Crippen molar-refractivity contribution < 1.29 is 4.79 Å². The van der Waals surface area contributed by atoms with Crippen LogP contribution in [0.4, 0.5) is 0 Å². The minimum atomic E-state index is 0.185. The second-order valence-electron chi connectivity index (χ2n) is 6.52. The van der Waals surface area contributed by atoms with Crippen molar-refractivity contribution in [3.63, 3.8) is 0 Å². The average molecular weight is 364 g/mol. The number of thiophene rings is 1. The molecule has 2 aromatic rings. The van der Waals surface area contributed by atoms with Crippen LogP contribution in [0.25, 0.3) is 0 Å². The molecule has 0 radical (unpaired) electrons. The molecule has 0 spiro atoms. The van der Waals surface area contributed by atoms with E-state index in [2.05, 4.69) is 32.7 Å². The van der Waals surface area contributed by atoms with Gasteiger partial charge in [0.1, 0.15) is 0 Å². The number of thiazole rings is 1. The molecule has 3 rings (SSSR count). The molecule has 0 saturated carbocycles. The SMILES string of the molecule is Cc1nc(C(C)N(C)C2CCN(C(=O)c3cccs3)CC2)c(C)s1. The fourth-order valence-electron chi connectivity index (χ4n) is 3.47. The molecule has 24 heavy (non-hydrogen) atoms. The van der Waals surface area contributed by atoms with Gasteiger partial charge in [-0.05, 0) is 52.1 Å². The molecular weight excluding hydrogens is 338 g/mol. The molecule has 0 aliphatic carbocycles. The minimum absolute atomic E-state index is 0.185. The van der Waals surface area contributed by atoms with Crippen LogP contribution in [0.2, 0.25) is 0 Å². The van der Waals surface area contributed by atoms with Gasteiger partial charge in [-0.3, -0.25) is 9.69 Å². The molecule has 4 nitrogen and oxygen atoms in total. The van der Waals surface area contributed by atoms with Gasteiger partial charge in [0.2, 0.25) is 0 Å². The van der Waals surface area contributed by atoms with E-state index >= 15 is 0 Å². The summed E-state index contributed by atoms with van der Waals surface area (Å²) in [5.41, 5.74) is 1.21. The Labute approximate surface area is 152 Å².